The zero-order valence-electron chi connectivity index (χ0n) is 20.0. The van der Waals surface area contributed by atoms with Crippen LogP contribution in [0.5, 0.6) is 0 Å². The SMILES string of the molecule is COCc1cc(-c2nc(-c3cc(F)c(C(=O)NCCC(=O)O)cc3F)no2)ccc1-c1ccccc1C. The molecule has 0 aliphatic heterocycles. The molecule has 2 N–H and O–H groups in total. The largest absolute Gasteiger partial charge is 0.481 e. The molecule has 10 heteroatoms. The van der Waals surface area contributed by atoms with Gasteiger partial charge in [-0.05, 0) is 53.4 Å². The van der Waals surface area contributed by atoms with E-state index in [1.54, 1.807) is 13.2 Å². The van der Waals surface area contributed by atoms with E-state index in [1.807, 2.05) is 43.3 Å². The van der Waals surface area contributed by atoms with Crippen LogP contribution in [-0.4, -0.2) is 40.8 Å². The van der Waals surface area contributed by atoms with E-state index < -0.39 is 29.1 Å². The fourth-order valence-corrected chi connectivity index (χ4v) is 3.86. The highest BCUT2D eigenvalue weighted by molar-refractivity contribution is 5.95. The number of aliphatic carboxylic acids is 1. The molecule has 0 saturated heterocycles. The number of ether oxygens (including phenoxy) is 1. The lowest BCUT2D eigenvalue weighted by atomic mass is 9.94. The molecule has 0 fully saturated rings. The molecule has 0 unspecified atom stereocenters. The van der Waals surface area contributed by atoms with Crippen LogP contribution >= 0.6 is 0 Å². The van der Waals surface area contributed by atoms with Gasteiger partial charge in [0.25, 0.3) is 11.8 Å². The number of nitrogens with one attached hydrogen (secondary N) is 1. The lowest BCUT2D eigenvalue weighted by Crippen LogP contribution is -2.27. The molecule has 0 bridgehead atoms. The van der Waals surface area contributed by atoms with Crippen molar-refractivity contribution in [3.63, 3.8) is 0 Å². The first-order valence-electron chi connectivity index (χ1n) is 11.3. The summed E-state index contributed by atoms with van der Waals surface area (Å²) >= 11 is 0. The number of carbonyl (C=O) groups excluding carboxylic acids is 1. The molecule has 3 aromatic carbocycles. The fraction of sp³-hybridized carbons (Fsp3) is 0.185. The first-order chi connectivity index (χ1) is 17.8. The monoisotopic (exact) mass is 507 g/mol. The minimum absolute atomic E-state index is 0.0963. The second-order valence-electron chi connectivity index (χ2n) is 8.25. The van der Waals surface area contributed by atoms with Crippen LogP contribution in [0.1, 0.15) is 27.9 Å². The van der Waals surface area contributed by atoms with Crippen molar-refractivity contribution in [3.8, 4) is 34.0 Å². The molecule has 1 aromatic heterocycles. The van der Waals surface area contributed by atoms with Crippen LogP contribution in [0.2, 0.25) is 0 Å². The maximum atomic E-state index is 14.8. The Kier molecular flexibility index (Phi) is 7.69. The van der Waals surface area contributed by atoms with Gasteiger partial charge in [0.1, 0.15) is 11.6 Å². The highest BCUT2D eigenvalue weighted by Gasteiger charge is 2.21. The Morgan fingerprint density at radius 1 is 1.03 bits per heavy atom. The number of amides is 1. The minimum Gasteiger partial charge on any atom is -0.481 e. The van der Waals surface area contributed by atoms with E-state index >= 15 is 0 Å². The van der Waals surface area contributed by atoms with Gasteiger partial charge in [-0.15, -0.1) is 0 Å². The van der Waals surface area contributed by atoms with E-state index in [9.17, 15) is 18.4 Å². The quantitative estimate of drug-likeness (QED) is 0.327. The first-order valence-corrected chi connectivity index (χ1v) is 11.3. The summed E-state index contributed by atoms with van der Waals surface area (Å²) in [7, 11) is 1.59. The summed E-state index contributed by atoms with van der Waals surface area (Å²) in [6, 6.07) is 15.0. The summed E-state index contributed by atoms with van der Waals surface area (Å²) < 4.78 is 40.1. The minimum atomic E-state index is -1.13. The molecule has 4 aromatic rings. The summed E-state index contributed by atoms with van der Waals surface area (Å²) in [5.74, 6) is -4.11. The van der Waals surface area contributed by atoms with Gasteiger partial charge in [-0.1, -0.05) is 35.5 Å². The van der Waals surface area contributed by atoms with Gasteiger partial charge >= 0.3 is 5.97 Å². The van der Waals surface area contributed by atoms with Gasteiger partial charge in [-0.25, -0.2) is 8.78 Å². The van der Waals surface area contributed by atoms with E-state index in [1.165, 1.54) is 0 Å². The number of carboxylic acid groups (broad SMARTS) is 1. The zero-order chi connectivity index (χ0) is 26.5. The zero-order valence-corrected chi connectivity index (χ0v) is 20.0. The predicted molar refractivity (Wildman–Crippen MR) is 131 cm³/mol. The number of methoxy groups -OCH3 is 1. The normalized spacial score (nSPS) is 10.9. The molecule has 8 nitrogen and oxygen atoms in total. The lowest BCUT2D eigenvalue weighted by molar-refractivity contribution is -0.136. The van der Waals surface area contributed by atoms with Crippen LogP contribution in [0.4, 0.5) is 8.78 Å². The van der Waals surface area contributed by atoms with Crippen molar-refractivity contribution in [2.45, 2.75) is 20.0 Å². The third-order valence-corrected chi connectivity index (χ3v) is 5.68. The number of rotatable bonds is 9. The van der Waals surface area contributed by atoms with Crippen molar-refractivity contribution >= 4 is 11.9 Å². The van der Waals surface area contributed by atoms with Crippen LogP contribution in [0.15, 0.2) is 59.1 Å². The van der Waals surface area contributed by atoms with Gasteiger partial charge in [0, 0.05) is 19.2 Å². The van der Waals surface area contributed by atoms with Crippen LogP contribution in [0.3, 0.4) is 0 Å². The molecular formula is C27H23F2N3O5. The second kappa shape index (κ2) is 11.1. The number of hydrogen-bond donors (Lipinski definition) is 2. The van der Waals surface area contributed by atoms with Crippen LogP contribution in [0.25, 0.3) is 34.0 Å². The van der Waals surface area contributed by atoms with Crippen LogP contribution < -0.4 is 5.32 Å². The summed E-state index contributed by atoms with van der Waals surface area (Å²) in [5, 5.41) is 14.7. The molecule has 4 rings (SSSR count). The Labute approximate surface area is 210 Å². The number of carbonyl (C=O) groups is 2. The number of nitrogens with zero attached hydrogens (tertiary/aromatic N) is 2. The number of carboxylic acids is 1. The topological polar surface area (TPSA) is 115 Å². The lowest BCUT2D eigenvalue weighted by Gasteiger charge is -2.12. The van der Waals surface area contributed by atoms with Crippen molar-refractivity contribution in [2.75, 3.05) is 13.7 Å². The van der Waals surface area contributed by atoms with Crippen molar-refractivity contribution in [2.24, 2.45) is 0 Å². The predicted octanol–water partition coefficient (Wildman–Crippen LogP) is 5.01. The first kappa shape index (κ1) is 25.6. The van der Waals surface area contributed by atoms with Crippen molar-refractivity contribution in [3.05, 3.63) is 82.9 Å². The van der Waals surface area contributed by atoms with Crippen molar-refractivity contribution < 1.29 is 32.7 Å². The van der Waals surface area contributed by atoms with Crippen LogP contribution in [0, 0.1) is 18.6 Å². The molecule has 1 heterocycles. The number of benzene rings is 3. The molecule has 190 valence electrons. The summed E-state index contributed by atoms with van der Waals surface area (Å²) in [4.78, 5) is 26.9. The molecule has 0 saturated carbocycles. The number of halogens is 2. The van der Waals surface area contributed by atoms with Crippen LogP contribution in [-0.2, 0) is 16.1 Å². The van der Waals surface area contributed by atoms with E-state index in [2.05, 4.69) is 15.5 Å². The Morgan fingerprint density at radius 3 is 2.54 bits per heavy atom. The summed E-state index contributed by atoms with van der Waals surface area (Å²) in [6.45, 7) is 2.12. The Balaban J connectivity index is 1.62. The molecule has 1 amide bonds. The fourth-order valence-electron chi connectivity index (χ4n) is 3.86. The van der Waals surface area contributed by atoms with Gasteiger partial charge in [0.15, 0.2) is 0 Å². The number of aromatic nitrogens is 2. The third kappa shape index (κ3) is 5.70. The van der Waals surface area contributed by atoms with Crippen molar-refractivity contribution in [1.82, 2.24) is 15.5 Å². The number of aryl methyl sites for hydroxylation is 1. The molecule has 0 atom stereocenters. The van der Waals surface area contributed by atoms with Gasteiger partial charge in [0.2, 0.25) is 5.82 Å². The maximum Gasteiger partial charge on any atom is 0.305 e. The molecule has 37 heavy (non-hydrogen) atoms. The van der Waals surface area contributed by atoms with E-state index in [4.69, 9.17) is 14.4 Å². The summed E-state index contributed by atoms with van der Waals surface area (Å²) in [5.41, 5.74) is 3.73. The maximum absolute atomic E-state index is 14.8. The standard InChI is InChI=1S/C27H23F2N3O5/c1-15-5-3-4-6-18(15)19-8-7-16(11-17(19)14-36-2)27-31-25(32-37-27)20-12-23(29)21(13-22(20)28)26(35)30-10-9-24(33)34/h3-8,11-13H,9-10,14H2,1-2H3,(H,30,35)(H,33,34). The van der Waals surface area contributed by atoms with Crippen molar-refractivity contribution in [1.29, 1.82) is 0 Å². The average Bonchev–Trinajstić information content (AvgIpc) is 3.36. The van der Waals surface area contributed by atoms with E-state index in [0.717, 1.165) is 28.3 Å². The Hall–Kier alpha value is -4.44. The molecule has 0 spiro atoms. The number of hydrogen-bond acceptors (Lipinski definition) is 6. The molecular weight excluding hydrogens is 484 g/mol. The molecule has 0 radical (unpaired) electrons. The summed E-state index contributed by atoms with van der Waals surface area (Å²) in [6.07, 6.45) is -0.350. The van der Waals surface area contributed by atoms with Gasteiger partial charge < -0.3 is 19.7 Å². The molecule has 0 aliphatic carbocycles. The Bertz CT molecular complexity index is 1470. The van der Waals surface area contributed by atoms with Gasteiger partial charge in [0.05, 0.1) is 24.2 Å². The van der Waals surface area contributed by atoms with Gasteiger partial charge in [-0.3, -0.25) is 9.59 Å². The molecule has 0 aliphatic rings. The smallest absolute Gasteiger partial charge is 0.305 e. The average molecular weight is 507 g/mol. The van der Waals surface area contributed by atoms with E-state index in [0.29, 0.717) is 18.2 Å². The highest BCUT2D eigenvalue weighted by atomic mass is 19.1. The second-order valence-corrected chi connectivity index (χ2v) is 8.25. The van der Waals surface area contributed by atoms with Gasteiger partial charge in [-0.2, -0.15) is 4.98 Å². The highest BCUT2D eigenvalue weighted by Crippen LogP contribution is 2.32. The third-order valence-electron chi connectivity index (χ3n) is 5.68. The van der Waals surface area contributed by atoms with E-state index in [-0.39, 0.29) is 30.2 Å². The Morgan fingerprint density at radius 2 is 1.81 bits per heavy atom.